The number of nitrogens with one attached hydrogen (secondary N) is 1. The number of anilines is 1. The maximum Gasteiger partial charge on any atom is 0.238 e. The van der Waals surface area contributed by atoms with Crippen LogP contribution in [0.5, 0.6) is 11.5 Å². The van der Waals surface area contributed by atoms with Gasteiger partial charge in [0, 0.05) is 32.7 Å². The number of piperazine rings is 1. The maximum absolute atomic E-state index is 13.9. The summed E-state index contributed by atoms with van der Waals surface area (Å²) >= 11 is 0. The first-order chi connectivity index (χ1) is 14.0. The third-order valence-electron chi connectivity index (χ3n) is 5.08. The highest BCUT2D eigenvalue weighted by atomic mass is 19.1. The summed E-state index contributed by atoms with van der Waals surface area (Å²) in [4.78, 5) is 16.7. The van der Waals surface area contributed by atoms with Crippen LogP contribution in [0.4, 0.5) is 10.1 Å². The van der Waals surface area contributed by atoms with E-state index in [2.05, 4.69) is 15.1 Å². The fourth-order valence-electron chi connectivity index (χ4n) is 3.46. The van der Waals surface area contributed by atoms with Gasteiger partial charge in [0.15, 0.2) is 11.5 Å². The van der Waals surface area contributed by atoms with Crippen LogP contribution >= 0.6 is 0 Å². The van der Waals surface area contributed by atoms with Crippen molar-refractivity contribution in [3.8, 4) is 11.5 Å². The van der Waals surface area contributed by atoms with Crippen LogP contribution in [-0.2, 0) is 11.3 Å². The molecule has 3 rings (SSSR count). The van der Waals surface area contributed by atoms with Gasteiger partial charge in [-0.15, -0.1) is 0 Å². The molecule has 156 valence electrons. The summed E-state index contributed by atoms with van der Waals surface area (Å²) in [6.45, 7) is 6.19. The second-order valence-corrected chi connectivity index (χ2v) is 7.27. The van der Waals surface area contributed by atoms with E-state index in [-0.39, 0.29) is 18.1 Å². The molecular formula is C22H28FN3O3. The molecule has 1 aliphatic heterocycles. The first-order valence-corrected chi connectivity index (χ1v) is 9.70. The molecule has 1 amide bonds. The van der Waals surface area contributed by atoms with Crippen molar-refractivity contribution >= 4 is 11.6 Å². The molecule has 0 unspecified atom stereocenters. The number of hydrogen-bond acceptors (Lipinski definition) is 5. The number of halogens is 1. The minimum Gasteiger partial charge on any atom is -0.493 e. The molecule has 0 saturated carbocycles. The van der Waals surface area contributed by atoms with Crippen LogP contribution in [0.2, 0.25) is 0 Å². The fraction of sp³-hybridized carbons (Fsp3) is 0.409. The van der Waals surface area contributed by atoms with E-state index in [0.717, 1.165) is 55.3 Å². The van der Waals surface area contributed by atoms with E-state index in [0.29, 0.717) is 0 Å². The van der Waals surface area contributed by atoms with Crippen LogP contribution in [-0.4, -0.2) is 62.7 Å². The van der Waals surface area contributed by atoms with Gasteiger partial charge in [-0.1, -0.05) is 12.1 Å². The second kappa shape index (κ2) is 9.71. The van der Waals surface area contributed by atoms with E-state index < -0.39 is 5.82 Å². The van der Waals surface area contributed by atoms with Gasteiger partial charge in [0.1, 0.15) is 5.82 Å². The summed E-state index contributed by atoms with van der Waals surface area (Å²) in [7, 11) is 3.26. The van der Waals surface area contributed by atoms with E-state index in [9.17, 15) is 9.18 Å². The highest BCUT2D eigenvalue weighted by molar-refractivity contribution is 5.92. The highest BCUT2D eigenvalue weighted by Crippen LogP contribution is 2.28. The van der Waals surface area contributed by atoms with Crippen molar-refractivity contribution in [3.05, 3.63) is 53.3 Å². The Morgan fingerprint density at radius 3 is 2.34 bits per heavy atom. The van der Waals surface area contributed by atoms with Crippen LogP contribution in [0.3, 0.4) is 0 Å². The van der Waals surface area contributed by atoms with Gasteiger partial charge >= 0.3 is 0 Å². The Bertz CT molecular complexity index is 851. The van der Waals surface area contributed by atoms with Crippen molar-refractivity contribution < 1.29 is 18.7 Å². The van der Waals surface area contributed by atoms with E-state index in [1.54, 1.807) is 26.4 Å². The van der Waals surface area contributed by atoms with Gasteiger partial charge in [-0.2, -0.15) is 0 Å². The number of aryl methyl sites for hydroxylation is 1. The summed E-state index contributed by atoms with van der Waals surface area (Å²) in [6, 6.07) is 10.8. The zero-order valence-corrected chi connectivity index (χ0v) is 17.2. The molecular weight excluding hydrogens is 373 g/mol. The number of carbonyl (C=O) groups excluding carboxylic acids is 1. The number of methoxy groups -OCH3 is 2. The molecule has 0 bridgehead atoms. The lowest BCUT2D eigenvalue weighted by molar-refractivity contribution is -0.117. The van der Waals surface area contributed by atoms with Gasteiger partial charge < -0.3 is 14.8 Å². The maximum atomic E-state index is 13.9. The summed E-state index contributed by atoms with van der Waals surface area (Å²) in [5.41, 5.74) is 2.21. The van der Waals surface area contributed by atoms with Crippen molar-refractivity contribution in [3.63, 3.8) is 0 Å². The first kappa shape index (κ1) is 21.1. The number of nitrogens with zero attached hydrogens (tertiary/aromatic N) is 2. The standard InChI is InChI=1S/C22H28FN3O3/c1-16-4-6-19(18(23)12-16)24-22(27)15-26-10-8-25(9-11-26)14-17-5-7-20(28-2)21(13-17)29-3/h4-7,12-13H,8-11,14-15H2,1-3H3,(H,24,27). The van der Waals surface area contributed by atoms with Crippen molar-refractivity contribution in [2.75, 3.05) is 52.3 Å². The molecule has 1 saturated heterocycles. The first-order valence-electron chi connectivity index (χ1n) is 9.70. The molecule has 1 fully saturated rings. The average Bonchev–Trinajstić information content (AvgIpc) is 2.71. The molecule has 6 nitrogen and oxygen atoms in total. The lowest BCUT2D eigenvalue weighted by Crippen LogP contribution is -2.48. The normalized spacial score (nSPS) is 15.2. The highest BCUT2D eigenvalue weighted by Gasteiger charge is 2.20. The van der Waals surface area contributed by atoms with Crippen molar-refractivity contribution in [2.24, 2.45) is 0 Å². The minimum absolute atomic E-state index is 0.193. The molecule has 0 radical (unpaired) electrons. The number of ether oxygens (including phenoxy) is 2. The van der Waals surface area contributed by atoms with Crippen LogP contribution in [0.15, 0.2) is 36.4 Å². The number of rotatable bonds is 7. The molecule has 0 atom stereocenters. The van der Waals surface area contributed by atoms with Gasteiger partial charge in [0.05, 0.1) is 26.5 Å². The fourth-order valence-corrected chi connectivity index (χ4v) is 3.46. The van der Waals surface area contributed by atoms with E-state index in [1.165, 1.54) is 6.07 Å². The van der Waals surface area contributed by atoms with Gasteiger partial charge in [-0.25, -0.2) is 4.39 Å². The Morgan fingerprint density at radius 2 is 1.69 bits per heavy atom. The Balaban J connectivity index is 1.47. The third-order valence-corrected chi connectivity index (χ3v) is 5.08. The molecule has 29 heavy (non-hydrogen) atoms. The smallest absolute Gasteiger partial charge is 0.238 e. The third kappa shape index (κ3) is 5.68. The van der Waals surface area contributed by atoms with Gasteiger partial charge in [-0.05, 0) is 42.3 Å². The van der Waals surface area contributed by atoms with Gasteiger partial charge in [-0.3, -0.25) is 14.6 Å². The Hall–Kier alpha value is -2.64. The summed E-state index contributed by atoms with van der Waals surface area (Å²) in [5.74, 6) is 0.847. The Kier molecular flexibility index (Phi) is 7.06. The molecule has 2 aromatic carbocycles. The van der Waals surface area contributed by atoms with Crippen LogP contribution in [0, 0.1) is 12.7 Å². The van der Waals surface area contributed by atoms with Crippen molar-refractivity contribution in [2.45, 2.75) is 13.5 Å². The average molecular weight is 401 g/mol. The predicted octanol–water partition coefficient (Wildman–Crippen LogP) is 2.91. The molecule has 1 N–H and O–H groups in total. The molecule has 2 aromatic rings. The summed E-state index contributed by atoms with van der Waals surface area (Å²) in [6.07, 6.45) is 0. The summed E-state index contributed by atoms with van der Waals surface area (Å²) in [5, 5.41) is 2.66. The van der Waals surface area contributed by atoms with E-state index in [1.807, 2.05) is 25.1 Å². The van der Waals surface area contributed by atoms with Crippen LogP contribution < -0.4 is 14.8 Å². The SMILES string of the molecule is COc1ccc(CN2CCN(CC(=O)Nc3ccc(C)cc3F)CC2)cc1OC. The van der Waals surface area contributed by atoms with Gasteiger partial charge in [0.2, 0.25) is 5.91 Å². The van der Waals surface area contributed by atoms with E-state index >= 15 is 0 Å². The molecule has 1 heterocycles. The Morgan fingerprint density at radius 1 is 1.00 bits per heavy atom. The summed E-state index contributed by atoms with van der Waals surface area (Å²) < 4.78 is 24.5. The molecule has 1 aliphatic rings. The zero-order chi connectivity index (χ0) is 20.8. The number of amides is 1. The molecule has 0 aliphatic carbocycles. The monoisotopic (exact) mass is 401 g/mol. The molecule has 0 spiro atoms. The number of hydrogen-bond donors (Lipinski definition) is 1. The second-order valence-electron chi connectivity index (χ2n) is 7.27. The zero-order valence-electron chi connectivity index (χ0n) is 17.2. The largest absolute Gasteiger partial charge is 0.493 e. The molecule has 0 aromatic heterocycles. The van der Waals surface area contributed by atoms with Crippen LogP contribution in [0.1, 0.15) is 11.1 Å². The number of carbonyl (C=O) groups is 1. The predicted molar refractivity (Wildman–Crippen MR) is 111 cm³/mol. The lowest BCUT2D eigenvalue weighted by Gasteiger charge is -2.34. The van der Waals surface area contributed by atoms with Crippen molar-refractivity contribution in [1.29, 1.82) is 0 Å². The lowest BCUT2D eigenvalue weighted by atomic mass is 10.1. The quantitative estimate of drug-likeness (QED) is 0.773. The molecule has 7 heteroatoms. The van der Waals surface area contributed by atoms with E-state index in [4.69, 9.17) is 9.47 Å². The van der Waals surface area contributed by atoms with Gasteiger partial charge in [0.25, 0.3) is 0 Å². The minimum atomic E-state index is -0.405. The Labute approximate surface area is 171 Å². The van der Waals surface area contributed by atoms with Crippen molar-refractivity contribution in [1.82, 2.24) is 9.80 Å². The van der Waals surface area contributed by atoms with Crippen LogP contribution in [0.25, 0.3) is 0 Å². The number of benzene rings is 2. The topological polar surface area (TPSA) is 54.0 Å².